The molecule has 0 aliphatic carbocycles. The zero-order valence-corrected chi connectivity index (χ0v) is 21.5. The summed E-state index contributed by atoms with van der Waals surface area (Å²) in [4.78, 5) is 13.3. The van der Waals surface area contributed by atoms with Crippen LogP contribution in [0.2, 0.25) is 0 Å². The van der Waals surface area contributed by atoms with Crippen LogP contribution in [-0.4, -0.2) is 23.3 Å². The minimum atomic E-state index is -0.559. The van der Waals surface area contributed by atoms with Crippen molar-refractivity contribution in [1.29, 1.82) is 0 Å². The maximum absolute atomic E-state index is 13.3. The first-order valence-corrected chi connectivity index (χ1v) is 10.9. The van der Waals surface area contributed by atoms with Gasteiger partial charge in [-0.2, -0.15) is 0 Å². The van der Waals surface area contributed by atoms with Crippen LogP contribution in [0.15, 0.2) is 0 Å². The molecule has 0 aliphatic rings. The van der Waals surface area contributed by atoms with Gasteiger partial charge < -0.3 is 9.47 Å². The molecule has 28 heavy (non-hydrogen) atoms. The van der Waals surface area contributed by atoms with Crippen molar-refractivity contribution in [2.24, 2.45) is 22.2 Å². The third-order valence-corrected chi connectivity index (χ3v) is 4.42. The lowest BCUT2D eigenvalue weighted by atomic mass is 9.81. The van der Waals surface area contributed by atoms with Gasteiger partial charge in [0.1, 0.15) is 5.60 Å². The van der Waals surface area contributed by atoms with Crippen LogP contribution in [0.5, 0.6) is 0 Å². The highest BCUT2D eigenvalue weighted by Crippen LogP contribution is 2.36. The van der Waals surface area contributed by atoms with Crippen molar-refractivity contribution in [2.45, 2.75) is 134 Å². The summed E-state index contributed by atoms with van der Waals surface area (Å²) in [5, 5.41) is 0. The fourth-order valence-electron chi connectivity index (χ4n) is 4.78. The molecule has 0 heterocycles. The van der Waals surface area contributed by atoms with Crippen LogP contribution in [0.25, 0.3) is 0 Å². The molecule has 2 unspecified atom stereocenters. The first-order chi connectivity index (χ1) is 12.0. The lowest BCUT2D eigenvalue weighted by Gasteiger charge is -2.40. The number of hydrogen-bond donors (Lipinski definition) is 0. The van der Waals surface area contributed by atoms with E-state index in [1.165, 1.54) is 0 Å². The molecule has 0 spiro atoms. The summed E-state index contributed by atoms with van der Waals surface area (Å²) >= 11 is 0. The van der Waals surface area contributed by atoms with Crippen LogP contribution < -0.4 is 0 Å². The van der Waals surface area contributed by atoms with Gasteiger partial charge in [0, 0.05) is 0 Å². The summed E-state index contributed by atoms with van der Waals surface area (Å²) in [6.45, 7) is 30.0. The smallest absolute Gasteiger partial charge is 0.336 e. The SMILES string of the molecule is CC(CC(C)(C)C)C(OC(C)(C)CC(C)(C)C)C(=O)OC(C)(C)CC(C)(C)C. The first kappa shape index (κ1) is 27.4. The van der Waals surface area contributed by atoms with Crippen molar-refractivity contribution in [3.8, 4) is 0 Å². The summed E-state index contributed by atoms with van der Waals surface area (Å²) in [5.74, 6) is -0.148. The minimum Gasteiger partial charge on any atom is -0.458 e. The van der Waals surface area contributed by atoms with Gasteiger partial charge in [-0.3, -0.25) is 0 Å². The Bertz CT molecular complexity index is 495. The summed E-state index contributed by atoms with van der Waals surface area (Å²) in [6.07, 6.45) is 2.02. The van der Waals surface area contributed by atoms with E-state index in [0.29, 0.717) is 0 Å². The number of carbonyl (C=O) groups excluding carboxylic acids is 1. The van der Waals surface area contributed by atoms with Gasteiger partial charge >= 0.3 is 5.97 Å². The van der Waals surface area contributed by atoms with Gasteiger partial charge in [0.25, 0.3) is 0 Å². The predicted molar refractivity (Wildman–Crippen MR) is 121 cm³/mol. The Hall–Kier alpha value is -0.570. The lowest BCUT2D eigenvalue weighted by molar-refractivity contribution is -0.191. The largest absolute Gasteiger partial charge is 0.458 e. The van der Waals surface area contributed by atoms with E-state index in [0.717, 1.165) is 19.3 Å². The van der Waals surface area contributed by atoms with E-state index in [9.17, 15) is 4.79 Å². The molecular formula is C25H50O3. The van der Waals surface area contributed by atoms with Crippen LogP contribution in [0, 0.1) is 22.2 Å². The normalized spacial score (nSPS) is 16.6. The zero-order valence-electron chi connectivity index (χ0n) is 21.5. The van der Waals surface area contributed by atoms with Gasteiger partial charge in [0.2, 0.25) is 0 Å². The van der Waals surface area contributed by atoms with Crippen LogP contribution in [0.3, 0.4) is 0 Å². The van der Waals surface area contributed by atoms with Gasteiger partial charge in [-0.25, -0.2) is 4.79 Å². The monoisotopic (exact) mass is 398 g/mol. The number of esters is 1. The molecule has 0 radical (unpaired) electrons. The summed E-state index contributed by atoms with van der Waals surface area (Å²) in [5.41, 5.74) is -0.593. The van der Waals surface area contributed by atoms with Crippen molar-refractivity contribution in [3.63, 3.8) is 0 Å². The first-order valence-electron chi connectivity index (χ1n) is 10.9. The Kier molecular flexibility index (Phi) is 8.88. The van der Waals surface area contributed by atoms with E-state index in [2.05, 4.69) is 83.1 Å². The highest BCUT2D eigenvalue weighted by molar-refractivity contribution is 5.75. The lowest BCUT2D eigenvalue weighted by Crippen LogP contribution is -2.45. The van der Waals surface area contributed by atoms with E-state index in [1.54, 1.807) is 0 Å². The molecule has 0 bridgehead atoms. The minimum absolute atomic E-state index is 0.0807. The molecule has 3 nitrogen and oxygen atoms in total. The number of rotatable bonds is 8. The van der Waals surface area contributed by atoms with Crippen molar-refractivity contribution in [2.75, 3.05) is 0 Å². The summed E-state index contributed by atoms with van der Waals surface area (Å²) < 4.78 is 12.5. The topological polar surface area (TPSA) is 35.5 Å². The van der Waals surface area contributed by atoms with E-state index in [-0.39, 0.29) is 28.1 Å². The van der Waals surface area contributed by atoms with Crippen molar-refractivity contribution >= 4 is 5.97 Å². The number of carbonyl (C=O) groups is 1. The molecule has 3 heteroatoms. The second kappa shape index (κ2) is 9.06. The second-order valence-electron chi connectivity index (χ2n) is 13.7. The second-order valence-corrected chi connectivity index (χ2v) is 13.7. The molecule has 0 aromatic carbocycles. The Labute approximate surface area is 176 Å². The van der Waals surface area contributed by atoms with Crippen molar-refractivity contribution in [1.82, 2.24) is 0 Å². The van der Waals surface area contributed by atoms with Crippen LogP contribution in [0.4, 0.5) is 0 Å². The molecule has 0 fully saturated rings. The van der Waals surface area contributed by atoms with Gasteiger partial charge in [0.15, 0.2) is 6.10 Å². The standard InChI is InChI=1S/C25H50O3/c1-18(15-21(2,3)4)19(27-24(11,12)16-22(5,6)7)20(26)28-25(13,14)17-23(8,9)10/h18-19H,15-17H2,1-14H3. The third-order valence-electron chi connectivity index (χ3n) is 4.42. The summed E-state index contributed by atoms with van der Waals surface area (Å²) in [6, 6.07) is 0. The molecule has 2 atom stereocenters. The van der Waals surface area contributed by atoms with Gasteiger partial charge in [-0.05, 0) is 69.1 Å². The molecule has 0 aliphatic heterocycles. The summed E-state index contributed by atoms with van der Waals surface area (Å²) in [7, 11) is 0. The quantitative estimate of drug-likeness (QED) is 0.399. The van der Waals surface area contributed by atoms with E-state index in [1.807, 2.05) is 13.8 Å². The molecule has 0 saturated carbocycles. The van der Waals surface area contributed by atoms with Gasteiger partial charge in [-0.15, -0.1) is 0 Å². The molecule has 0 rings (SSSR count). The fourth-order valence-corrected chi connectivity index (χ4v) is 4.78. The van der Waals surface area contributed by atoms with Crippen molar-refractivity contribution in [3.05, 3.63) is 0 Å². The van der Waals surface area contributed by atoms with Crippen LogP contribution in [-0.2, 0) is 14.3 Å². The maximum atomic E-state index is 13.3. The average molecular weight is 399 g/mol. The highest BCUT2D eigenvalue weighted by Gasteiger charge is 2.39. The fraction of sp³-hybridized carbons (Fsp3) is 0.960. The zero-order chi connectivity index (χ0) is 22.8. The van der Waals surface area contributed by atoms with Crippen LogP contribution in [0.1, 0.15) is 116 Å². The van der Waals surface area contributed by atoms with Gasteiger partial charge in [-0.1, -0.05) is 69.2 Å². The molecular weight excluding hydrogens is 348 g/mol. The number of hydrogen-bond acceptors (Lipinski definition) is 3. The highest BCUT2D eigenvalue weighted by atomic mass is 16.6. The van der Waals surface area contributed by atoms with Gasteiger partial charge in [0.05, 0.1) is 5.60 Å². The average Bonchev–Trinajstić information content (AvgIpc) is 2.26. The molecule has 168 valence electrons. The van der Waals surface area contributed by atoms with E-state index < -0.39 is 17.3 Å². The maximum Gasteiger partial charge on any atom is 0.336 e. The molecule has 0 saturated heterocycles. The predicted octanol–water partition coefficient (Wildman–Crippen LogP) is 7.42. The van der Waals surface area contributed by atoms with Crippen molar-refractivity contribution < 1.29 is 14.3 Å². The Morgan fingerprint density at radius 3 is 1.43 bits per heavy atom. The molecule has 0 aromatic heterocycles. The molecule has 0 amide bonds. The van der Waals surface area contributed by atoms with E-state index in [4.69, 9.17) is 9.47 Å². The molecule has 0 N–H and O–H groups in total. The molecule has 0 aromatic rings. The van der Waals surface area contributed by atoms with Crippen LogP contribution >= 0.6 is 0 Å². The third kappa shape index (κ3) is 12.8. The Morgan fingerprint density at radius 2 is 1.07 bits per heavy atom. The number of ether oxygens (including phenoxy) is 2. The van der Waals surface area contributed by atoms with E-state index >= 15 is 0 Å². The Balaban J connectivity index is 5.57. The Morgan fingerprint density at radius 1 is 0.679 bits per heavy atom.